The number of benzene rings is 2. The first-order valence-electron chi connectivity index (χ1n) is 5.76. The van der Waals surface area contributed by atoms with Crippen LogP contribution in [0.25, 0.3) is 11.0 Å². The Kier molecular flexibility index (Phi) is 2.65. The lowest BCUT2D eigenvalue weighted by Crippen LogP contribution is -1.94. The molecular weight excluding hydrogens is 226 g/mol. The van der Waals surface area contributed by atoms with Gasteiger partial charge in [0.1, 0.15) is 17.9 Å². The van der Waals surface area contributed by atoms with Gasteiger partial charge in [0.25, 0.3) is 0 Å². The molecule has 90 valence electrons. The van der Waals surface area contributed by atoms with E-state index < -0.39 is 0 Å². The summed E-state index contributed by atoms with van der Waals surface area (Å²) < 4.78 is 11.2. The summed E-state index contributed by atoms with van der Waals surface area (Å²) >= 11 is 0. The molecule has 0 aliphatic rings. The van der Waals surface area contributed by atoms with Crippen LogP contribution in [0.5, 0.6) is 5.75 Å². The Morgan fingerprint density at radius 1 is 1.06 bits per heavy atom. The van der Waals surface area contributed by atoms with Crippen LogP contribution in [0.1, 0.15) is 5.56 Å². The van der Waals surface area contributed by atoms with Crippen LogP contribution in [0.2, 0.25) is 0 Å². The van der Waals surface area contributed by atoms with E-state index in [4.69, 9.17) is 14.9 Å². The fraction of sp³-hybridized carbons (Fsp3) is 0.0667. The maximum absolute atomic E-state index is 5.71. The first-order valence-corrected chi connectivity index (χ1v) is 5.76. The molecule has 1 aromatic heterocycles. The zero-order valence-electron chi connectivity index (χ0n) is 9.80. The van der Waals surface area contributed by atoms with Gasteiger partial charge in [-0.3, -0.25) is 0 Å². The van der Waals surface area contributed by atoms with Crippen molar-refractivity contribution < 1.29 is 9.15 Å². The summed E-state index contributed by atoms with van der Waals surface area (Å²) in [5.74, 6) is 0.849. The third-order valence-corrected chi connectivity index (χ3v) is 2.82. The molecule has 0 aliphatic heterocycles. The van der Waals surface area contributed by atoms with Gasteiger partial charge < -0.3 is 14.9 Å². The lowest BCUT2D eigenvalue weighted by Gasteiger charge is -2.04. The maximum Gasteiger partial charge on any atom is 0.136 e. The SMILES string of the molecule is Nc1ccc2c(COc3ccccc3)coc2c1. The number of nitrogen functional groups attached to an aromatic ring is 1. The minimum Gasteiger partial charge on any atom is -0.489 e. The Hall–Kier alpha value is -2.42. The van der Waals surface area contributed by atoms with Crippen molar-refractivity contribution in [2.75, 3.05) is 5.73 Å². The number of fused-ring (bicyclic) bond motifs is 1. The Labute approximate surface area is 105 Å². The Morgan fingerprint density at radius 2 is 1.89 bits per heavy atom. The Morgan fingerprint density at radius 3 is 2.72 bits per heavy atom. The number of para-hydroxylation sites is 1. The summed E-state index contributed by atoms with van der Waals surface area (Å²) in [6.07, 6.45) is 1.72. The fourth-order valence-corrected chi connectivity index (χ4v) is 1.89. The van der Waals surface area contributed by atoms with Crippen LogP contribution in [-0.4, -0.2) is 0 Å². The second-order valence-corrected chi connectivity index (χ2v) is 4.12. The van der Waals surface area contributed by atoms with Gasteiger partial charge in [-0.2, -0.15) is 0 Å². The number of ether oxygens (including phenoxy) is 1. The zero-order valence-corrected chi connectivity index (χ0v) is 9.80. The van der Waals surface area contributed by atoms with Gasteiger partial charge in [-0.25, -0.2) is 0 Å². The van der Waals surface area contributed by atoms with E-state index >= 15 is 0 Å². The maximum atomic E-state index is 5.71. The van der Waals surface area contributed by atoms with Crippen LogP contribution in [-0.2, 0) is 6.61 Å². The molecule has 1 heterocycles. The monoisotopic (exact) mass is 239 g/mol. The summed E-state index contributed by atoms with van der Waals surface area (Å²) in [6.45, 7) is 0.487. The molecule has 2 aromatic carbocycles. The van der Waals surface area contributed by atoms with Gasteiger partial charge in [-0.1, -0.05) is 18.2 Å². The summed E-state index contributed by atoms with van der Waals surface area (Å²) in [4.78, 5) is 0. The molecular formula is C15H13NO2. The van der Waals surface area contributed by atoms with Crippen LogP contribution >= 0.6 is 0 Å². The second-order valence-electron chi connectivity index (χ2n) is 4.12. The molecule has 0 radical (unpaired) electrons. The molecule has 0 spiro atoms. The predicted molar refractivity (Wildman–Crippen MR) is 71.4 cm³/mol. The van der Waals surface area contributed by atoms with Crippen LogP contribution in [0, 0.1) is 0 Å². The van der Waals surface area contributed by atoms with Crippen LogP contribution in [0.4, 0.5) is 5.69 Å². The van der Waals surface area contributed by atoms with E-state index in [1.165, 1.54) is 0 Å². The molecule has 0 fully saturated rings. The Bertz CT molecular complexity index is 659. The second kappa shape index (κ2) is 4.45. The molecule has 3 aromatic rings. The molecule has 0 saturated heterocycles. The number of nitrogens with two attached hydrogens (primary N) is 1. The first-order chi connectivity index (χ1) is 8.83. The normalized spacial score (nSPS) is 10.7. The number of hydrogen-bond donors (Lipinski definition) is 1. The molecule has 0 amide bonds. The highest BCUT2D eigenvalue weighted by molar-refractivity contribution is 5.83. The van der Waals surface area contributed by atoms with Gasteiger partial charge in [-0.05, 0) is 24.3 Å². The van der Waals surface area contributed by atoms with E-state index in [9.17, 15) is 0 Å². The van der Waals surface area contributed by atoms with Crippen molar-refractivity contribution in [2.24, 2.45) is 0 Å². The summed E-state index contributed by atoms with van der Waals surface area (Å²) in [6, 6.07) is 15.4. The van der Waals surface area contributed by atoms with Crippen molar-refractivity contribution in [2.45, 2.75) is 6.61 Å². The molecule has 0 atom stereocenters. The quantitative estimate of drug-likeness (QED) is 0.710. The molecule has 0 bridgehead atoms. The molecule has 0 unspecified atom stereocenters. The smallest absolute Gasteiger partial charge is 0.136 e. The van der Waals surface area contributed by atoms with Gasteiger partial charge in [0.2, 0.25) is 0 Å². The van der Waals surface area contributed by atoms with Crippen molar-refractivity contribution in [1.29, 1.82) is 0 Å². The predicted octanol–water partition coefficient (Wildman–Crippen LogP) is 3.59. The molecule has 3 rings (SSSR count). The molecule has 18 heavy (non-hydrogen) atoms. The van der Waals surface area contributed by atoms with E-state index in [-0.39, 0.29) is 0 Å². The zero-order chi connectivity index (χ0) is 12.4. The molecule has 2 N–H and O–H groups in total. The van der Waals surface area contributed by atoms with Gasteiger partial charge in [-0.15, -0.1) is 0 Å². The van der Waals surface area contributed by atoms with Crippen LogP contribution in [0.3, 0.4) is 0 Å². The molecule has 3 nitrogen and oxygen atoms in total. The summed E-state index contributed by atoms with van der Waals surface area (Å²) in [5.41, 5.74) is 8.22. The van der Waals surface area contributed by atoms with Gasteiger partial charge in [0, 0.05) is 22.7 Å². The van der Waals surface area contributed by atoms with Gasteiger partial charge in [0.15, 0.2) is 0 Å². The van der Waals surface area contributed by atoms with Crippen molar-refractivity contribution in [3.05, 3.63) is 60.4 Å². The van der Waals surface area contributed by atoms with Crippen molar-refractivity contribution in [3.63, 3.8) is 0 Å². The first kappa shape index (κ1) is 10.7. The Balaban J connectivity index is 1.83. The molecule has 0 aliphatic carbocycles. The van der Waals surface area contributed by atoms with Crippen LogP contribution < -0.4 is 10.5 Å². The van der Waals surface area contributed by atoms with E-state index in [0.717, 1.165) is 22.3 Å². The minimum atomic E-state index is 0.487. The highest BCUT2D eigenvalue weighted by Gasteiger charge is 2.06. The van der Waals surface area contributed by atoms with E-state index in [1.54, 1.807) is 6.26 Å². The third kappa shape index (κ3) is 2.02. The average molecular weight is 239 g/mol. The lowest BCUT2D eigenvalue weighted by atomic mass is 10.2. The van der Waals surface area contributed by atoms with E-state index in [2.05, 4.69) is 0 Å². The largest absolute Gasteiger partial charge is 0.489 e. The molecule has 0 saturated carbocycles. The average Bonchev–Trinajstić information content (AvgIpc) is 2.80. The highest BCUT2D eigenvalue weighted by atomic mass is 16.5. The number of rotatable bonds is 3. The van der Waals surface area contributed by atoms with Crippen molar-refractivity contribution in [1.82, 2.24) is 0 Å². The van der Waals surface area contributed by atoms with E-state index in [0.29, 0.717) is 12.3 Å². The lowest BCUT2D eigenvalue weighted by molar-refractivity contribution is 0.306. The van der Waals surface area contributed by atoms with Gasteiger partial charge >= 0.3 is 0 Å². The van der Waals surface area contributed by atoms with E-state index in [1.807, 2.05) is 48.5 Å². The topological polar surface area (TPSA) is 48.4 Å². The number of furan rings is 1. The van der Waals surface area contributed by atoms with Gasteiger partial charge in [0.05, 0.1) is 6.26 Å². The highest BCUT2D eigenvalue weighted by Crippen LogP contribution is 2.24. The third-order valence-electron chi connectivity index (χ3n) is 2.82. The number of anilines is 1. The summed E-state index contributed by atoms with van der Waals surface area (Å²) in [7, 11) is 0. The van der Waals surface area contributed by atoms with Crippen molar-refractivity contribution >= 4 is 16.7 Å². The van der Waals surface area contributed by atoms with Crippen molar-refractivity contribution in [3.8, 4) is 5.75 Å². The fourth-order valence-electron chi connectivity index (χ4n) is 1.89. The molecule has 3 heteroatoms. The standard InChI is InChI=1S/C15H13NO2/c16-12-6-7-14-11(10-18-15(14)8-12)9-17-13-4-2-1-3-5-13/h1-8,10H,9,16H2. The number of hydrogen-bond acceptors (Lipinski definition) is 3. The minimum absolute atomic E-state index is 0.487. The van der Waals surface area contributed by atoms with Crippen LogP contribution in [0.15, 0.2) is 59.2 Å². The summed E-state index contributed by atoms with van der Waals surface area (Å²) in [5, 5.41) is 1.04.